The van der Waals surface area contributed by atoms with Crippen molar-refractivity contribution in [2.24, 2.45) is 7.05 Å². The molecule has 0 amide bonds. The lowest BCUT2D eigenvalue weighted by Gasteiger charge is -2.35. The minimum atomic E-state index is -0.864. The van der Waals surface area contributed by atoms with Crippen molar-refractivity contribution in [3.8, 4) is 0 Å². The van der Waals surface area contributed by atoms with Gasteiger partial charge < -0.3 is 20.1 Å². The fourth-order valence-electron chi connectivity index (χ4n) is 4.17. The molecule has 1 saturated heterocycles. The number of ether oxygens (including phenoxy) is 1. The highest BCUT2D eigenvalue weighted by Crippen LogP contribution is 2.28. The van der Waals surface area contributed by atoms with E-state index < -0.39 is 5.60 Å². The second-order valence-electron chi connectivity index (χ2n) is 9.41. The maximum atomic E-state index is 12.8. The zero-order valence-corrected chi connectivity index (χ0v) is 20.4. The molecule has 3 heterocycles. The van der Waals surface area contributed by atoms with Crippen molar-refractivity contribution in [3.63, 3.8) is 0 Å². The molecule has 33 heavy (non-hydrogen) atoms. The second kappa shape index (κ2) is 8.96. The van der Waals surface area contributed by atoms with Crippen LogP contribution in [0.25, 0.3) is 11.0 Å². The Balaban J connectivity index is 1.64. The maximum absolute atomic E-state index is 12.8. The molecule has 0 spiro atoms. The first kappa shape index (κ1) is 23.5. The van der Waals surface area contributed by atoms with Crippen molar-refractivity contribution in [2.75, 3.05) is 23.3 Å². The number of anilines is 3. The number of aromatic nitrogens is 4. The van der Waals surface area contributed by atoms with Gasteiger partial charge in [0.05, 0.1) is 35.0 Å². The predicted molar refractivity (Wildman–Crippen MR) is 131 cm³/mol. The summed E-state index contributed by atoms with van der Waals surface area (Å²) in [4.78, 5) is 23.9. The molecule has 2 aromatic heterocycles. The first-order valence-electron chi connectivity index (χ1n) is 11.1. The summed E-state index contributed by atoms with van der Waals surface area (Å²) in [5.74, 6) is 1.08. The molecule has 1 aromatic carbocycles. The Morgan fingerprint density at radius 2 is 1.94 bits per heavy atom. The summed E-state index contributed by atoms with van der Waals surface area (Å²) < 4.78 is 9.10. The van der Waals surface area contributed by atoms with Crippen LogP contribution in [0, 0.1) is 0 Å². The van der Waals surface area contributed by atoms with E-state index in [2.05, 4.69) is 20.2 Å². The van der Waals surface area contributed by atoms with Crippen LogP contribution in [0.3, 0.4) is 0 Å². The summed E-state index contributed by atoms with van der Waals surface area (Å²) in [7, 11) is 1.75. The molecule has 1 aliphatic rings. The topological polar surface area (TPSA) is 97.4 Å². The molecular weight excluding hydrogens is 444 g/mol. The highest BCUT2D eigenvalue weighted by molar-refractivity contribution is 6.32. The molecule has 0 aliphatic carbocycles. The Hall–Kier alpha value is -2.62. The number of hydrogen-bond donors (Lipinski definition) is 2. The molecule has 2 N–H and O–H groups in total. The van der Waals surface area contributed by atoms with Crippen molar-refractivity contribution in [3.05, 3.63) is 39.9 Å². The Bertz CT molecular complexity index is 1210. The molecule has 10 heteroatoms. The van der Waals surface area contributed by atoms with E-state index in [1.807, 2.05) is 32.0 Å². The van der Waals surface area contributed by atoms with Gasteiger partial charge in [-0.15, -0.1) is 0 Å². The molecule has 3 aromatic rings. The van der Waals surface area contributed by atoms with Crippen LogP contribution in [0.15, 0.2) is 29.2 Å². The fourth-order valence-corrected chi connectivity index (χ4v) is 4.30. The first-order valence-corrected chi connectivity index (χ1v) is 11.5. The molecular formula is C23H31ClN6O3. The van der Waals surface area contributed by atoms with E-state index in [4.69, 9.17) is 16.3 Å². The number of rotatable bonds is 6. The number of benzene rings is 1. The lowest BCUT2D eigenvalue weighted by molar-refractivity contribution is -0.00571. The number of hydrogen-bond acceptors (Lipinski definition) is 7. The second-order valence-corrected chi connectivity index (χ2v) is 9.82. The Kier molecular flexibility index (Phi) is 6.39. The normalized spacial score (nSPS) is 19.3. The average Bonchev–Trinajstić information content (AvgIpc) is 2.96. The highest BCUT2D eigenvalue weighted by atomic mass is 35.5. The average molecular weight is 475 g/mol. The van der Waals surface area contributed by atoms with Crippen LogP contribution in [0.2, 0.25) is 5.02 Å². The van der Waals surface area contributed by atoms with Gasteiger partial charge in [0.1, 0.15) is 5.02 Å². The van der Waals surface area contributed by atoms with E-state index in [0.717, 1.165) is 16.7 Å². The molecule has 1 fully saturated rings. The van der Waals surface area contributed by atoms with Gasteiger partial charge in [0.2, 0.25) is 5.95 Å². The summed E-state index contributed by atoms with van der Waals surface area (Å²) in [6, 6.07) is 5.68. The summed E-state index contributed by atoms with van der Waals surface area (Å²) >= 11 is 6.40. The van der Waals surface area contributed by atoms with Crippen molar-refractivity contribution < 1.29 is 9.84 Å². The molecule has 4 rings (SSSR count). The van der Waals surface area contributed by atoms with Crippen LogP contribution >= 0.6 is 11.6 Å². The third-order valence-electron chi connectivity index (χ3n) is 5.79. The SMILES string of the molecule is CC1CN(c2ncc(Cl)c(Nc3ccc4c(c3)n(CCC(C)(C)O)c(=O)n4C)n2)C[C@H](C)O1. The Labute approximate surface area is 198 Å². The molecule has 178 valence electrons. The number of morpholine rings is 1. The zero-order valence-electron chi connectivity index (χ0n) is 19.7. The molecule has 0 saturated carbocycles. The van der Waals surface area contributed by atoms with Gasteiger partial charge in [-0.3, -0.25) is 9.13 Å². The third kappa shape index (κ3) is 5.15. The van der Waals surface area contributed by atoms with E-state index in [0.29, 0.717) is 42.8 Å². The van der Waals surface area contributed by atoms with Gasteiger partial charge in [0, 0.05) is 32.4 Å². The van der Waals surface area contributed by atoms with Gasteiger partial charge in [-0.1, -0.05) is 11.6 Å². The first-order chi connectivity index (χ1) is 15.5. The van der Waals surface area contributed by atoms with Gasteiger partial charge in [0.25, 0.3) is 0 Å². The number of halogens is 1. The van der Waals surface area contributed by atoms with Crippen LogP contribution < -0.4 is 15.9 Å². The molecule has 0 bridgehead atoms. The molecule has 9 nitrogen and oxygen atoms in total. The number of imidazole rings is 1. The minimum absolute atomic E-state index is 0.0885. The quantitative estimate of drug-likeness (QED) is 0.565. The van der Waals surface area contributed by atoms with Gasteiger partial charge in [0.15, 0.2) is 5.82 Å². The van der Waals surface area contributed by atoms with E-state index >= 15 is 0 Å². The van der Waals surface area contributed by atoms with Crippen LogP contribution in [-0.2, 0) is 18.3 Å². The molecule has 1 aliphatic heterocycles. The van der Waals surface area contributed by atoms with Crippen LogP contribution in [-0.4, -0.2) is 55.1 Å². The van der Waals surface area contributed by atoms with E-state index in [1.165, 1.54) is 0 Å². The standard InChI is InChI=1S/C23H31ClN6O3/c1-14-12-29(13-15(2)33-14)21-25-11-17(24)20(27-21)26-16-6-7-18-19(10-16)30(22(31)28(18)5)9-8-23(3,4)32/h6-7,10-11,14-15,32H,8-9,12-13H2,1-5H3,(H,25,26,27)/t14-,15?/m0/s1. The van der Waals surface area contributed by atoms with Crippen molar-refractivity contribution in [1.82, 2.24) is 19.1 Å². The predicted octanol–water partition coefficient (Wildman–Crippen LogP) is 3.30. The molecule has 1 unspecified atom stereocenters. The number of nitrogens with one attached hydrogen (secondary N) is 1. The lowest BCUT2D eigenvalue weighted by Crippen LogP contribution is -2.46. The number of aliphatic hydroxyl groups is 1. The van der Waals surface area contributed by atoms with Crippen LogP contribution in [0.4, 0.5) is 17.5 Å². The van der Waals surface area contributed by atoms with E-state index in [-0.39, 0.29) is 17.9 Å². The van der Waals surface area contributed by atoms with Crippen LogP contribution in [0.5, 0.6) is 0 Å². The van der Waals surface area contributed by atoms with Gasteiger partial charge >= 0.3 is 5.69 Å². The van der Waals surface area contributed by atoms with Crippen LogP contribution in [0.1, 0.15) is 34.1 Å². The lowest BCUT2D eigenvalue weighted by atomic mass is 10.1. The van der Waals surface area contributed by atoms with Gasteiger partial charge in [-0.25, -0.2) is 9.78 Å². The monoisotopic (exact) mass is 474 g/mol. The van der Waals surface area contributed by atoms with Crippen molar-refractivity contribution >= 4 is 40.1 Å². The highest BCUT2D eigenvalue weighted by Gasteiger charge is 2.25. The fraction of sp³-hybridized carbons (Fsp3) is 0.522. The van der Waals surface area contributed by atoms with Crippen molar-refractivity contribution in [2.45, 2.75) is 58.5 Å². The molecule has 0 radical (unpaired) electrons. The summed E-state index contributed by atoms with van der Waals surface area (Å²) in [6.07, 6.45) is 2.23. The molecule has 2 atom stereocenters. The zero-order chi connectivity index (χ0) is 23.9. The smallest absolute Gasteiger partial charge is 0.328 e. The van der Waals surface area contributed by atoms with Gasteiger partial charge in [-0.2, -0.15) is 4.98 Å². The largest absolute Gasteiger partial charge is 0.390 e. The third-order valence-corrected chi connectivity index (χ3v) is 6.07. The number of nitrogens with zero attached hydrogens (tertiary/aromatic N) is 5. The van der Waals surface area contributed by atoms with E-state index in [9.17, 15) is 9.90 Å². The summed E-state index contributed by atoms with van der Waals surface area (Å²) in [5.41, 5.74) is 1.35. The number of aryl methyl sites for hydroxylation is 2. The van der Waals surface area contributed by atoms with Crippen molar-refractivity contribution in [1.29, 1.82) is 0 Å². The minimum Gasteiger partial charge on any atom is -0.390 e. The van der Waals surface area contributed by atoms with Gasteiger partial charge in [-0.05, 0) is 52.3 Å². The summed E-state index contributed by atoms with van der Waals surface area (Å²) in [5, 5.41) is 13.8. The maximum Gasteiger partial charge on any atom is 0.328 e. The summed E-state index contributed by atoms with van der Waals surface area (Å²) in [6.45, 7) is 9.36. The Morgan fingerprint density at radius 3 is 2.61 bits per heavy atom. The van der Waals surface area contributed by atoms with E-state index in [1.54, 1.807) is 36.2 Å². The number of fused-ring (bicyclic) bond motifs is 1. The Morgan fingerprint density at radius 1 is 1.24 bits per heavy atom.